The third-order valence-electron chi connectivity index (χ3n) is 5.28. The van der Waals surface area contributed by atoms with E-state index < -0.39 is 5.25 Å². The maximum Gasteiger partial charge on any atom is 0.237 e. The van der Waals surface area contributed by atoms with Crippen LogP contribution in [0.4, 0.5) is 11.6 Å². The highest BCUT2D eigenvalue weighted by Gasteiger charge is 2.25. The molecule has 1 saturated heterocycles. The molecule has 2 heterocycles. The molecule has 2 aromatic carbocycles. The predicted molar refractivity (Wildman–Crippen MR) is 129 cm³/mol. The van der Waals surface area contributed by atoms with Crippen LogP contribution in [0.5, 0.6) is 0 Å². The van der Waals surface area contributed by atoms with Gasteiger partial charge in [-0.15, -0.1) is 10.2 Å². The monoisotopic (exact) mass is 482 g/mol. The number of hydrogen-bond acceptors (Lipinski definition) is 7. The number of halogens is 1. The molecule has 3 aromatic rings. The number of anilines is 2. The second-order valence-corrected chi connectivity index (χ2v) is 9.27. The fourth-order valence-corrected chi connectivity index (χ4v) is 4.55. The summed E-state index contributed by atoms with van der Waals surface area (Å²) < 4.78 is 7.50. The molecule has 0 radical (unpaired) electrons. The maximum absolute atomic E-state index is 12.9. The zero-order chi connectivity index (χ0) is 23.4. The molecule has 0 spiro atoms. The number of ether oxygens (including phenoxy) is 1. The molecular weight excluding hydrogens is 460 g/mol. The summed E-state index contributed by atoms with van der Waals surface area (Å²) in [6.45, 7) is 6.58. The Bertz CT molecular complexity index is 1200. The highest BCUT2D eigenvalue weighted by atomic mass is 35.5. The number of aryl methyl sites for hydroxylation is 1. The summed E-state index contributed by atoms with van der Waals surface area (Å²) in [7, 11) is 0. The highest BCUT2D eigenvalue weighted by Crippen LogP contribution is 2.31. The smallest absolute Gasteiger partial charge is 0.237 e. The van der Waals surface area contributed by atoms with E-state index in [2.05, 4.69) is 20.4 Å². The Morgan fingerprint density at radius 1 is 1.24 bits per heavy atom. The number of para-hydroxylation sites is 1. The van der Waals surface area contributed by atoms with Crippen LogP contribution in [0.25, 0.3) is 5.69 Å². The number of carbonyl (C=O) groups is 1. The Balaban J connectivity index is 1.59. The largest absolute Gasteiger partial charge is 0.378 e. The Kier molecular flexibility index (Phi) is 7.18. The van der Waals surface area contributed by atoms with Gasteiger partial charge in [-0.3, -0.25) is 9.36 Å². The second kappa shape index (κ2) is 10.3. The highest BCUT2D eigenvalue weighted by molar-refractivity contribution is 8.00. The van der Waals surface area contributed by atoms with Gasteiger partial charge in [-0.05, 0) is 43.7 Å². The van der Waals surface area contributed by atoms with E-state index in [9.17, 15) is 4.79 Å². The van der Waals surface area contributed by atoms with Gasteiger partial charge in [0.25, 0.3) is 0 Å². The van der Waals surface area contributed by atoms with Crippen LogP contribution >= 0.6 is 23.4 Å². The zero-order valence-electron chi connectivity index (χ0n) is 18.3. The number of nitrogens with one attached hydrogen (secondary N) is 1. The van der Waals surface area contributed by atoms with Crippen molar-refractivity contribution < 1.29 is 9.53 Å². The minimum absolute atomic E-state index is 0.201. The molecule has 33 heavy (non-hydrogen) atoms. The third kappa shape index (κ3) is 5.14. The molecule has 1 amide bonds. The van der Waals surface area contributed by atoms with Crippen molar-refractivity contribution in [3.8, 4) is 11.8 Å². The van der Waals surface area contributed by atoms with Crippen LogP contribution in [-0.4, -0.2) is 52.2 Å². The van der Waals surface area contributed by atoms with E-state index in [0.717, 1.165) is 30.3 Å². The van der Waals surface area contributed by atoms with E-state index in [0.29, 0.717) is 34.6 Å². The van der Waals surface area contributed by atoms with Crippen LogP contribution in [0.3, 0.4) is 0 Å². The van der Waals surface area contributed by atoms with Gasteiger partial charge < -0.3 is 15.0 Å². The van der Waals surface area contributed by atoms with E-state index in [-0.39, 0.29) is 5.91 Å². The molecular formula is C23H23ClN6O2S. The van der Waals surface area contributed by atoms with E-state index in [4.69, 9.17) is 21.6 Å². The molecule has 10 heteroatoms. The van der Waals surface area contributed by atoms with Gasteiger partial charge in [0.1, 0.15) is 6.07 Å². The SMILES string of the molecule is Cc1ccccc1-n1c(SC(C)C(=O)Nc2ccc(C#N)c(Cl)c2)nnc1N1CCOCC1. The minimum atomic E-state index is -0.455. The van der Waals surface area contributed by atoms with Crippen LogP contribution in [0.15, 0.2) is 47.6 Å². The first-order valence-corrected chi connectivity index (χ1v) is 11.7. The molecule has 8 nitrogen and oxygen atoms in total. The summed E-state index contributed by atoms with van der Waals surface area (Å²) in [5.41, 5.74) is 2.95. The van der Waals surface area contributed by atoms with Crippen molar-refractivity contribution >= 4 is 40.9 Å². The van der Waals surface area contributed by atoms with Gasteiger partial charge in [0.05, 0.1) is 34.7 Å². The lowest BCUT2D eigenvalue weighted by atomic mass is 10.2. The average Bonchev–Trinajstić information content (AvgIpc) is 3.23. The number of nitriles is 1. The summed E-state index contributed by atoms with van der Waals surface area (Å²) >= 11 is 7.42. The Morgan fingerprint density at radius 3 is 2.70 bits per heavy atom. The summed E-state index contributed by atoms with van der Waals surface area (Å²) in [5.74, 6) is 0.537. The van der Waals surface area contributed by atoms with Crippen molar-refractivity contribution in [1.82, 2.24) is 14.8 Å². The fourth-order valence-electron chi connectivity index (χ4n) is 3.47. The summed E-state index contributed by atoms with van der Waals surface area (Å²) in [6.07, 6.45) is 0. The lowest BCUT2D eigenvalue weighted by Crippen LogP contribution is -2.38. The van der Waals surface area contributed by atoms with E-state index in [1.807, 2.05) is 48.7 Å². The Hall–Kier alpha value is -3.06. The van der Waals surface area contributed by atoms with Crippen molar-refractivity contribution in [1.29, 1.82) is 5.26 Å². The Labute approximate surface area is 201 Å². The number of morpholine rings is 1. The molecule has 1 unspecified atom stereocenters. The molecule has 0 saturated carbocycles. The number of hydrogen-bond donors (Lipinski definition) is 1. The first-order valence-electron chi connectivity index (χ1n) is 10.5. The average molecular weight is 483 g/mol. The standard InChI is InChI=1S/C23H23ClN6O2S/c1-15-5-3-4-6-20(15)30-22(29-9-11-32-12-10-29)27-28-23(30)33-16(2)21(31)26-18-8-7-17(14-25)19(24)13-18/h3-8,13,16H,9-12H2,1-2H3,(H,26,31). The first-order chi connectivity index (χ1) is 16.0. The van der Waals surface area contributed by atoms with Crippen molar-refractivity contribution in [2.75, 3.05) is 36.5 Å². The number of benzene rings is 2. The quantitative estimate of drug-likeness (QED) is 0.529. The molecule has 1 atom stereocenters. The second-order valence-electron chi connectivity index (χ2n) is 7.56. The molecule has 1 aliphatic rings. The third-order valence-corrected chi connectivity index (χ3v) is 6.63. The summed E-state index contributed by atoms with van der Waals surface area (Å²) in [5, 5.41) is 21.3. The van der Waals surface area contributed by atoms with Crippen LogP contribution in [0.1, 0.15) is 18.1 Å². The molecule has 1 N–H and O–H groups in total. The lowest BCUT2D eigenvalue weighted by molar-refractivity contribution is -0.115. The number of thioether (sulfide) groups is 1. The molecule has 0 bridgehead atoms. The van der Waals surface area contributed by atoms with E-state index >= 15 is 0 Å². The van der Waals surface area contributed by atoms with E-state index in [1.165, 1.54) is 11.8 Å². The van der Waals surface area contributed by atoms with Gasteiger partial charge >= 0.3 is 0 Å². The lowest BCUT2D eigenvalue weighted by Gasteiger charge is -2.28. The van der Waals surface area contributed by atoms with E-state index in [1.54, 1.807) is 18.2 Å². The fraction of sp³-hybridized carbons (Fsp3) is 0.304. The molecule has 4 rings (SSSR count). The van der Waals surface area contributed by atoms with Crippen LogP contribution < -0.4 is 10.2 Å². The van der Waals surface area contributed by atoms with Gasteiger partial charge in [0, 0.05) is 18.8 Å². The predicted octanol–water partition coefficient (Wildman–Crippen LogP) is 4.06. The van der Waals surface area contributed by atoms with Crippen molar-refractivity contribution in [2.45, 2.75) is 24.3 Å². The molecule has 170 valence electrons. The molecule has 1 fully saturated rings. The van der Waals surface area contributed by atoms with Crippen LogP contribution in [-0.2, 0) is 9.53 Å². The molecule has 0 aliphatic carbocycles. The van der Waals surface area contributed by atoms with Gasteiger partial charge in [-0.2, -0.15) is 5.26 Å². The minimum Gasteiger partial charge on any atom is -0.378 e. The number of carbonyl (C=O) groups excluding carboxylic acids is 1. The summed E-state index contributed by atoms with van der Waals surface area (Å²) in [6, 6.07) is 14.9. The normalized spacial score (nSPS) is 14.5. The number of aromatic nitrogens is 3. The molecule has 1 aromatic heterocycles. The first kappa shape index (κ1) is 23.1. The van der Waals surface area contributed by atoms with Crippen LogP contribution in [0, 0.1) is 18.3 Å². The molecule has 1 aliphatic heterocycles. The van der Waals surface area contributed by atoms with Gasteiger partial charge in [-0.1, -0.05) is 41.6 Å². The number of nitrogens with zero attached hydrogens (tertiary/aromatic N) is 5. The van der Waals surface area contributed by atoms with Crippen LogP contribution in [0.2, 0.25) is 5.02 Å². The van der Waals surface area contributed by atoms with Gasteiger partial charge in [-0.25, -0.2) is 0 Å². The Morgan fingerprint density at radius 2 is 2.00 bits per heavy atom. The van der Waals surface area contributed by atoms with Crippen molar-refractivity contribution in [2.24, 2.45) is 0 Å². The topological polar surface area (TPSA) is 96.1 Å². The van der Waals surface area contributed by atoms with Gasteiger partial charge in [0.2, 0.25) is 11.9 Å². The van der Waals surface area contributed by atoms with Crippen molar-refractivity contribution in [3.63, 3.8) is 0 Å². The number of amides is 1. The zero-order valence-corrected chi connectivity index (χ0v) is 19.9. The van der Waals surface area contributed by atoms with Gasteiger partial charge in [0.15, 0.2) is 5.16 Å². The number of rotatable bonds is 6. The summed E-state index contributed by atoms with van der Waals surface area (Å²) in [4.78, 5) is 15.0. The maximum atomic E-state index is 12.9. The van der Waals surface area contributed by atoms with Crippen molar-refractivity contribution in [3.05, 3.63) is 58.6 Å².